The van der Waals surface area contributed by atoms with Crippen LogP contribution in [0.1, 0.15) is 11.1 Å². The third kappa shape index (κ3) is 4.32. The molecule has 0 spiro atoms. The lowest BCUT2D eigenvalue weighted by molar-refractivity contribution is -0.127. The number of hydrogen-bond donors (Lipinski definition) is 2. The lowest BCUT2D eigenvalue weighted by Crippen LogP contribution is -2.13. The van der Waals surface area contributed by atoms with Gasteiger partial charge in [0.15, 0.2) is 5.76 Å². The molecule has 0 atom stereocenters. The molecule has 2 N–H and O–H groups in total. The maximum absolute atomic E-state index is 13.6. The fourth-order valence-corrected chi connectivity index (χ4v) is 3.09. The Morgan fingerprint density at radius 3 is 2.66 bits per heavy atom. The Morgan fingerprint density at radius 2 is 1.93 bits per heavy atom. The van der Waals surface area contributed by atoms with E-state index in [4.69, 9.17) is 16.0 Å². The molecule has 0 radical (unpaired) electrons. The van der Waals surface area contributed by atoms with Crippen LogP contribution < -0.4 is 5.32 Å². The van der Waals surface area contributed by atoms with Gasteiger partial charge in [-0.15, -0.1) is 10.2 Å². The van der Waals surface area contributed by atoms with Crippen LogP contribution in [-0.4, -0.2) is 26.8 Å². The molecule has 4 rings (SSSR count). The van der Waals surface area contributed by atoms with Crippen LogP contribution in [-0.2, 0) is 13.0 Å². The standard InChI is InChI=1S/C18H12ClF4N5O/c19-13-4-9-5-16(17-25-27-28-26-17)29-15(9)6-11(13)8-24-12-1-2-14(20)10(3-12)7-18(21,22)23/h1-6,24H,7-8H2,(H,25,26,27,28). The molecule has 0 saturated heterocycles. The SMILES string of the molecule is Fc1ccc(NCc2cc3oc(-c4nn[nH]n4)cc3cc2Cl)cc1CC(F)(F)F. The molecule has 2 aromatic carbocycles. The van der Waals surface area contributed by atoms with Crippen LogP contribution in [0.3, 0.4) is 0 Å². The van der Waals surface area contributed by atoms with Crippen LogP contribution in [0.4, 0.5) is 23.2 Å². The number of hydrogen-bond acceptors (Lipinski definition) is 5. The first-order chi connectivity index (χ1) is 13.8. The molecule has 0 aliphatic rings. The van der Waals surface area contributed by atoms with Gasteiger partial charge in [-0.3, -0.25) is 0 Å². The van der Waals surface area contributed by atoms with E-state index < -0.39 is 24.0 Å². The number of aromatic nitrogens is 4. The second kappa shape index (κ2) is 7.36. The van der Waals surface area contributed by atoms with Crippen LogP contribution in [0.5, 0.6) is 0 Å². The van der Waals surface area contributed by atoms with Gasteiger partial charge in [-0.05, 0) is 52.7 Å². The van der Waals surface area contributed by atoms with Crippen LogP contribution in [0.2, 0.25) is 5.02 Å². The fraction of sp³-hybridized carbons (Fsp3) is 0.167. The summed E-state index contributed by atoms with van der Waals surface area (Å²) in [5.41, 5.74) is 1.09. The molecule has 150 valence electrons. The lowest BCUT2D eigenvalue weighted by Gasteiger charge is -2.12. The molecule has 11 heteroatoms. The highest BCUT2D eigenvalue weighted by atomic mass is 35.5. The first kappa shape index (κ1) is 19.2. The third-order valence-corrected chi connectivity index (χ3v) is 4.52. The number of fused-ring (bicyclic) bond motifs is 1. The number of alkyl halides is 3. The molecule has 29 heavy (non-hydrogen) atoms. The van der Waals surface area contributed by atoms with E-state index in [9.17, 15) is 17.6 Å². The number of anilines is 1. The summed E-state index contributed by atoms with van der Waals surface area (Å²) < 4.78 is 57.1. The predicted octanol–water partition coefficient (Wildman–Crippen LogP) is 5.12. The number of benzene rings is 2. The highest BCUT2D eigenvalue weighted by molar-refractivity contribution is 6.32. The number of nitrogens with zero attached hydrogens (tertiary/aromatic N) is 3. The lowest BCUT2D eigenvalue weighted by atomic mass is 10.1. The molecule has 2 heterocycles. The summed E-state index contributed by atoms with van der Waals surface area (Å²) in [7, 11) is 0. The minimum Gasteiger partial charge on any atom is -0.453 e. The topological polar surface area (TPSA) is 79.6 Å². The van der Waals surface area contributed by atoms with E-state index >= 15 is 0 Å². The predicted molar refractivity (Wildman–Crippen MR) is 97.9 cm³/mol. The van der Waals surface area contributed by atoms with Crippen molar-refractivity contribution in [2.75, 3.05) is 5.32 Å². The van der Waals surface area contributed by atoms with Crippen LogP contribution in [0, 0.1) is 5.82 Å². The minimum absolute atomic E-state index is 0.199. The van der Waals surface area contributed by atoms with Crippen molar-refractivity contribution < 1.29 is 22.0 Å². The van der Waals surface area contributed by atoms with Gasteiger partial charge in [0, 0.05) is 22.6 Å². The van der Waals surface area contributed by atoms with Gasteiger partial charge in [0.2, 0.25) is 5.82 Å². The van der Waals surface area contributed by atoms with Crippen molar-refractivity contribution in [1.82, 2.24) is 20.6 Å². The van der Waals surface area contributed by atoms with E-state index in [1.807, 2.05) is 0 Å². The Morgan fingerprint density at radius 1 is 1.10 bits per heavy atom. The molecule has 0 aliphatic carbocycles. The first-order valence-electron chi connectivity index (χ1n) is 8.33. The molecular formula is C18H12ClF4N5O. The Kier molecular flexibility index (Phi) is 4.87. The van der Waals surface area contributed by atoms with Gasteiger partial charge in [0.25, 0.3) is 0 Å². The van der Waals surface area contributed by atoms with Crippen LogP contribution in [0.25, 0.3) is 22.6 Å². The third-order valence-electron chi connectivity index (χ3n) is 4.17. The second-order valence-corrected chi connectivity index (χ2v) is 6.69. The normalized spacial score (nSPS) is 11.9. The van der Waals surface area contributed by atoms with Crippen molar-refractivity contribution in [3.63, 3.8) is 0 Å². The number of halogens is 5. The van der Waals surface area contributed by atoms with E-state index in [1.165, 1.54) is 6.07 Å². The van der Waals surface area contributed by atoms with Gasteiger partial charge >= 0.3 is 6.18 Å². The summed E-state index contributed by atoms with van der Waals surface area (Å²) in [6, 6.07) is 8.61. The van der Waals surface area contributed by atoms with E-state index in [1.54, 1.807) is 18.2 Å². The molecule has 0 aliphatic heterocycles. The Bertz CT molecular complexity index is 1160. The van der Waals surface area contributed by atoms with Crippen molar-refractivity contribution in [3.8, 4) is 11.6 Å². The second-order valence-electron chi connectivity index (χ2n) is 6.28. The average molecular weight is 426 g/mol. The van der Waals surface area contributed by atoms with Crippen LogP contribution >= 0.6 is 11.6 Å². The number of tetrazole rings is 1. The molecule has 0 fully saturated rings. The zero-order valence-corrected chi connectivity index (χ0v) is 15.3. The summed E-state index contributed by atoms with van der Waals surface area (Å²) in [5.74, 6) is -0.206. The molecule has 2 aromatic heterocycles. The average Bonchev–Trinajstić information content (AvgIpc) is 3.30. The van der Waals surface area contributed by atoms with Gasteiger partial charge < -0.3 is 9.73 Å². The van der Waals surface area contributed by atoms with Crippen molar-refractivity contribution in [1.29, 1.82) is 0 Å². The van der Waals surface area contributed by atoms with Gasteiger partial charge in [-0.25, -0.2) is 4.39 Å². The number of H-pyrrole nitrogens is 1. The van der Waals surface area contributed by atoms with Gasteiger partial charge in [-0.1, -0.05) is 11.6 Å². The monoisotopic (exact) mass is 425 g/mol. The van der Waals surface area contributed by atoms with E-state index in [-0.39, 0.29) is 6.54 Å². The smallest absolute Gasteiger partial charge is 0.393 e. The van der Waals surface area contributed by atoms with Gasteiger partial charge in [0.1, 0.15) is 11.4 Å². The molecule has 0 bridgehead atoms. The molecule has 4 aromatic rings. The quantitative estimate of drug-likeness (QED) is 0.434. The first-order valence-corrected chi connectivity index (χ1v) is 8.71. The molecule has 6 nitrogen and oxygen atoms in total. The summed E-state index contributed by atoms with van der Waals surface area (Å²) in [5, 5.41) is 17.6. The highest BCUT2D eigenvalue weighted by Crippen LogP contribution is 2.31. The Labute approximate surface area is 165 Å². The van der Waals surface area contributed by atoms with Crippen LogP contribution in [0.15, 0.2) is 40.8 Å². The largest absolute Gasteiger partial charge is 0.453 e. The van der Waals surface area contributed by atoms with Crippen molar-refractivity contribution in [3.05, 3.63) is 58.4 Å². The van der Waals surface area contributed by atoms with E-state index in [0.29, 0.717) is 33.4 Å². The minimum atomic E-state index is -4.50. The molecule has 0 amide bonds. The molecule has 0 saturated carbocycles. The Hall–Kier alpha value is -3.14. The maximum Gasteiger partial charge on any atom is 0.393 e. The number of rotatable bonds is 5. The summed E-state index contributed by atoms with van der Waals surface area (Å²) >= 11 is 6.31. The number of aromatic amines is 1. The van der Waals surface area contributed by atoms with Crippen molar-refractivity contribution >= 4 is 28.3 Å². The van der Waals surface area contributed by atoms with Crippen molar-refractivity contribution in [2.45, 2.75) is 19.1 Å². The summed E-state index contributed by atoms with van der Waals surface area (Å²) in [4.78, 5) is 0. The highest BCUT2D eigenvalue weighted by Gasteiger charge is 2.29. The van der Waals surface area contributed by atoms with Crippen molar-refractivity contribution in [2.24, 2.45) is 0 Å². The van der Waals surface area contributed by atoms with E-state index in [0.717, 1.165) is 17.5 Å². The fourth-order valence-electron chi connectivity index (χ4n) is 2.85. The Balaban J connectivity index is 1.55. The number of furan rings is 1. The number of nitrogens with one attached hydrogen (secondary N) is 2. The molecular weight excluding hydrogens is 414 g/mol. The maximum atomic E-state index is 13.6. The van der Waals surface area contributed by atoms with Gasteiger partial charge in [0.05, 0.1) is 6.42 Å². The molecule has 0 unspecified atom stereocenters. The van der Waals surface area contributed by atoms with E-state index in [2.05, 4.69) is 25.9 Å². The zero-order valence-electron chi connectivity index (χ0n) is 14.5. The zero-order chi connectivity index (χ0) is 20.6. The summed E-state index contributed by atoms with van der Waals surface area (Å²) in [6.45, 7) is 0.199. The van der Waals surface area contributed by atoms with Gasteiger partial charge in [-0.2, -0.15) is 18.4 Å². The summed E-state index contributed by atoms with van der Waals surface area (Å²) in [6.07, 6.45) is -5.84.